The summed E-state index contributed by atoms with van der Waals surface area (Å²) in [6.45, 7) is 9.77. The molecule has 2 unspecified atom stereocenters. The first-order chi connectivity index (χ1) is 9.24. The summed E-state index contributed by atoms with van der Waals surface area (Å²) in [6.07, 6.45) is 6.98. The molecule has 0 saturated carbocycles. The highest BCUT2D eigenvalue weighted by atomic mass is 16.3. The molecule has 1 N–H and O–H groups in total. The maximum absolute atomic E-state index is 5.72. The Balaban J connectivity index is 1.88. The normalized spacial score (nSPS) is 24.2. The minimum atomic E-state index is 0.691. The molecule has 108 valence electrons. The fourth-order valence-electron chi connectivity index (χ4n) is 3.04. The van der Waals surface area contributed by atoms with E-state index >= 15 is 0 Å². The summed E-state index contributed by atoms with van der Waals surface area (Å²) in [5.74, 6) is 1.11. The largest absolute Gasteiger partial charge is 0.468 e. The Morgan fingerprint density at radius 2 is 2.21 bits per heavy atom. The second kappa shape index (κ2) is 7.11. The van der Waals surface area contributed by atoms with Crippen LogP contribution >= 0.6 is 0 Å². The van der Waals surface area contributed by atoms with E-state index in [-0.39, 0.29) is 0 Å². The van der Waals surface area contributed by atoms with E-state index in [0.29, 0.717) is 6.04 Å². The van der Waals surface area contributed by atoms with Gasteiger partial charge in [0.1, 0.15) is 5.76 Å². The first kappa shape index (κ1) is 14.6. The van der Waals surface area contributed by atoms with Crippen LogP contribution in [0.3, 0.4) is 0 Å². The molecule has 1 aliphatic heterocycles. The first-order valence-electron chi connectivity index (χ1n) is 7.77. The molecular weight excluding hydrogens is 236 g/mol. The van der Waals surface area contributed by atoms with E-state index in [4.69, 9.17) is 4.42 Å². The Labute approximate surface area is 117 Å². The average Bonchev–Trinajstić information content (AvgIpc) is 2.99. The smallest absolute Gasteiger partial charge is 0.118 e. The summed E-state index contributed by atoms with van der Waals surface area (Å²) in [5, 5.41) is 3.41. The SMILES string of the molecule is CCCNCc1coc(CN2C(C)CCC2CC)c1. The summed E-state index contributed by atoms with van der Waals surface area (Å²) in [5.41, 5.74) is 1.27. The van der Waals surface area contributed by atoms with Gasteiger partial charge in [-0.05, 0) is 45.2 Å². The number of likely N-dealkylation sites (tertiary alicyclic amines) is 1. The van der Waals surface area contributed by atoms with E-state index in [1.54, 1.807) is 0 Å². The molecule has 2 heterocycles. The standard InChI is InChI=1S/C16H28N2O/c1-4-8-17-10-14-9-16(19-12-14)11-18-13(3)6-7-15(18)5-2/h9,12-13,15,17H,4-8,10-11H2,1-3H3. The zero-order valence-electron chi connectivity index (χ0n) is 12.6. The molecule has 3 nitrogen and oxygen atoms in total. The quantitative estimate of drug-likeness (QED) is 0.764. The lowest BCUT2D eigenvalue weighted by Gasteiger charge is -2.26. The second-order valence-electron chi connectivity index (χ2n) is 5.76. The Bertz CT molecular complexity index is 375. The molecule has 1 aromatic heterocycles. The molecule has 3 heteroatoms. The van der Waals surface area contributed by atoms with E-state index < -0.39 is 0 Å². The van der Waals surface area contributed by atoms with Gasteiger partial charge in [0.25, 0.3) is 0 Å². The van der Waals surface area contributed by atoms with Crippen molar-refractivity contribution in [3.05, 3.63) is 23.7 Å². The maximum atomic E-state index is 5.72. The summed E-state index contributed by atoms with van der Waals surface area (Å²) in [6, 6.07) is 3.64. The van der Waals surface area contributed by atoms with Crippen molar-refractivity contribution in [3.8, 4) is 0 Å². The highest BCUT2D eigenvalue weighted by Gasteiger charge is 2.29. The van der Waals surface area contributed by atoms with Crippen molar-refractivity contribution in [2.24, 2.45) is 0 Å². The molecule has 0 spiro atoms. The van der Waals surface area contributed by atoms with Crippen LogP contribution in [0.2, 0.25) is 0 Å². The van der Waals surface area contributed by atoms with Crippen LogP contribution in [0.15, 0.2) is 16.7 Å². The minimum Gasteiger partial charge on any atom is -0.468 e. The van der Waals surface area contributed by atoms with E-state index in [1.165, 1.54) is 31.2 Å². The number of hydrogen-bond donors (Lipinski definition) is 1. The number of furan rings is 1. The minimum absolute atomic E-state index is 0.691. The van der Waals surface area contributed by atoms with Crippen molar-refractivity contribution in [3.63, 3.8) is 0 Å². The van der Waals surface area contributed by atoms with E-state index in [9.17, 15) is 0 Å². The lowest BCUT2D eigenvalue weighted by molar-refractivity contribution is 0.175. The molecule has 0 radical (unpaired) electrons. The molecule has 0 amide bonds. The number of rotatable bonds is 7. The number of nitrogens with zero attached hydrogens (tertiary/aromatic N) is 1. The molecule has 1 saturated heterocycles. The van der Waals surface area contributed by atoms with Gasteiger partial charge in [0.2, 0.25) is 0 Å². The summed E-state index contributed by atoms with van der Waals surface area (Å²) >= 11 is 0. The number of nitrogens with one attached hydrogen (secondary N) is 1. The van der Waals surface area contributed by atoms with Crippen LogP contribution in [-0.4, -0.2) is 23.5 Å². The van der Waals surface area contributed by atoms with Crippen molar-refractivity contribution in [2.45, 2.75) is 71.6 Å². The van der Waals surface area contributed by atoms with E-state index in [2.05, 4.69) is 37.1 Å². The predicted molar refractivity (Wildman–Crippen MR) is 79.0 cm³/mol. The van der Waals surface area contributed by atoms with Gasteiger partial charge in [0, 0.05) is 24.2 Å². The van der Waals surface area contributed by atoms with E-state index in [0.717, 1.165) is 31.4 Å². The Hall–Kier alpha value is -0.800. The van der Waals surface area contributed by atoms with Gasteiger partial charge in [0.15, 0.2) is 0 Å². The van der Waals surface area contributed by atoms with Crippen molar-refractivity contribution < 1.29 is 4.42 Å². The molecule has 1 fully saturated rings. The van der Waals surface area contributed by atoms with Crippen molar-refractivity contribution in [1.82, 2.24) is 10.2 Å². The highest BCUT2D eigenvalue weighted by molar-refractivity contribution is 5.13. The van der Waals surface area contributed by atoms with Gasteiger partial charge in [-0.1, -0.05) is 13.8 Å². The van der Waals surface area contributed by atoms with Crippen LogP contribution in [0.5, 0.6) is 0 Å². The zero-order valence-corrected chi connectivity index (χ0v) is 12.6. The van der Waals surface area contributed by atoms with Crippen LogP contribution < -0.4 is 5.32 Å². The molecule has 0 aromatic carbocycles. The van der Waals surface area contributed by atoms with Gasteiger partial charge in [-0.3, -0.25) is 4.90 Å². The third-order valence-electron chi connectivity index (χ3n) is 4.23. The van der Waals surface area contributed by atoms with Crippen LogP contribution in [0.25, 0.3) is 0 Å². The first-order valence-corrected chi connectivity index (χ1v) is 7.77. The topological polar surface area (TPSA) is 28.4 Å². The molecule has 1 aliphatic rings. The maximum Gasteiger partial charge on any atom is 0.118 e. The van der Waals surface area contributed by atoms with Crippen LogP contribution in [0, 0.1) is 0 Å². The van der Waals surface area contributed by atoms with Crippen molar-refractivity contribution in [2.75, 3.05) is 6.54 Å². The highest BCUT2D eigenvalue weighted by Crippen LogP contribution is 2.28. The Morgan fingerprint density at radius 3 is 2.95 bits per heavy atom. The predicted octanol–water partition coefficient (Wildman–Crippen LogP) is 3.54. The molecule has 0 bridgehead atoms. The van der Waals surface area contributed by atoms with Gasteiger partial charge < -0.3 is 9.73 Å². The van der Waals surface area contributed by atoms with Crippen LogP contribution in [-0.2, 0) is 13.1 Å². The fourth-order valence-corrected chi connectivity index (χ4v) is 3.04. The van der Waals surface area contributed by atoms with E-state index in [1.807, 2.05) is 6.26 Å². The van der Waals surface area contributed by atoms with Crippen molar-refractivity contribution >= 4 is 0 Å². The molecular formula is C16H28N2O. The fraction of sp³-hybridized carbons (Fsp3) is 0.750. The third kappa shape index (κ3) is 3.83. The van der Waals surface area contributed by atoms with Gasteiger partial charge in [-0.2, -0.15) is 0 Å². The summed E-state index contributed by atoms with van der Waals surface area (Å²) < 4.78 is 5.72. The average molecular weight is 264 g/mol. The summed E-state index contributed by atoms with van der Waals surface area (Å²) in [4.78, 5) is 2.60. The van der Waals surface area contributed by atoms with Gasteiger partial charge in [0.05, 0.1) is 12.8 Å². The zero-order chi connectivity index (χ0) is 13.7. The van der Waals surface area contributed by atoms with Crippen LogP contribution in [0.1, 0.15) is 57.8 Å². The monoisotopic (exact) mass is 264 g/mol. The summed E-state index contributed by atoms with van der Waals surface area (Å²) in [7, 11) is 0. The Morgan fingerprint density at radius 1 is 1.37 bits per heavy atom. The molecule has 0 aliphatic carbocycles. The van der Waals surface area contributed by atoms with Gasteiger partial charge in [-0.15, -0.1) is 0 Å². The van der Waals surface area contributed by atoms with Gasteiger partial charge >= 0.3 is 0 Å². The second-order valence-corrected chi connectivity index (χ2v) is 5.76. The molecule has 1 aromatic rings. The van der Waals surface area contributed by atoms with Crippen LogP contribution in [0.4, 0.5) is 0 Å². The molecule has 2 rings (SSSR count). The number of hydrogen-bond acceptors (Lipinski definition) is 3. The lowest BCUT2D eigenvalue weighted by atomic mass is 10.1. The molecule has 19 heavy (non-hydrogen) atoms. The Kier molecular flexibility index (Phi) is 5.46. The lowest BCUT2D eigenvalue weighted by Crippen LogP contribution is -2.33. The van der Waals surface area contributed by atoms with Gasteiger partial charge in [-0.25, -0.2) is 0 Å². The van der Waals surface area contributed by atoms with Crippen molar-refractivity contribution in [1.29, 1.82) is 0 Å². The third-order valence-corrected chi connectivity index (χ3v) is 4.23. The molecule has 2 atom stereocenters.